The van der Waals surface area contributed by atoms with Gasteiger partial charge in [-0.25, -0.2) is 0 Å². The van der Waals surface area contributed by atoms with Gasteiger partial charge in [0, 0.05) is 41.5 Å². The number of hydrogen-bond donors (Lipinski definition) is 1. The van der Waals surface area contributed by atoms with E-state index in [9.17, 15) is 19.7 Å². The Hall–Kier alpha value is -3.22. The molecule has 2 amide bonds. The molecule has 0 radical (unpaired) electrons. The lowest BCUT2D eigenvalue weighted by Crippen LogP contribution is -2.35. The predicted octanol–water partition coefficient (Wildman–Crippen LogP) is 3.98. The first-order valence-electron chi connectivity index (χ1n) is 8.84. The average molecular weight is 367 g/mol. The van der Waals surface area contributed by atoms with Crippen LogP contribution in [0.25, 0.3) is 0 Å². The summed E-state index contributed by atoms with van der Waals surface area (Å²) >= 11 is 0. The van der Waals surface area contributed by atoms with E-state index in [0.717, 1.165) is 24.1 Å². The van der Waals surface area contributed by atoms with Crippen LogP contribution >= 0.6 is 0 Å². The molecule has 0 aromatic heterocycles. The molecule has 0 bridgehead atoms. The van der Waals surface area contributed by atoms with Gasteiger partial charge in [0.05, 0.1) is 4.92 Å². The molecule has 0 spiro atoms. The topological polar surface area (TPSA) is 92.5 Å². The quantitative estimate of drug-likeness (QED) is 0.653. The SMILES string of the molecule is Cc1ccc(NC(=O)c2ccc([N+](=O)[O-])c(C)c2)cc1N1CCCCC1=O. The van der Waals surface area contributed by atoms with Crippen LogP contribution in [-0.2, 0) is 4.79 Å². The molecule has 7 nitrogen and oxygen atoms in total. The number of amides is 2. The number of hydrogen-bond acceptors (Lipinski definition) is 4. The van der Waals surface area contributed by atoms with E-state index in [4.69, 9.17) is 0 Å². The molecule has 1 aliphatic rings. The lowest BCUT2D eigenvalue weighted by Gasteiger charge is -2.28. The molecule has 2 aromatic rings. The monoisotopic (exact) mass is 367 g/mol. The number of carbonyl (C=O) groups is 2. The van der Waals surface area contributed by atoms with Crippen LogP contribution in [0.15, 0.2) is 36.4 Å². The Kier molecular flexibility index (Phi) is 5.21. The highest BCUT2D eigenvalue weighted by molar-refractivity contribution is 6.05. The van der Waals surface area contributed by atoms with Crippen molar-refractivity contribution in [2.75, 3.05) is 16.8 Å². The lowest BCUT2D eigenvalue weighted by molar-refractivity contribution is -0.385. The van der Waals surface area contributed by atoms with Crippen LogP contribution in [0.4, 0.5) is 17.1 Å². The van der Waals surface area contributed by atoms with E-state index in [2.05, 4.69) is 5.32 Å². The molecule has 1 N–H and O–H groups in total. The van der Waals surface area contributed by atoms with Gasteiger partial charge in [0.1, 0.15) is 0 Å². The molecule has 140 valence electrons. The fraction of sp³-hybridized carbons (Fsp3) is 0.300. The average Bonchev–Trinajstić information content (AvgIpc) is 2.63. The maximum atomic E-state index is 12.5. The molecule has 0 aliphatic carbocycles. The second-order valence-corrected chi connectivity index (χ2v) is 6.72. The Bertz CT molecular complexity index is 923. The standard InChI is InChI=1S/C20H21N3O4/c1-13-6-8-16(12-18(13)22-10-4-3-5-19(22)24)21-20(25)15-7-9-17(23(26)27)14(2)11-15/h6-9,11-12H,3-5,10H2,1-2H3,(H,21,25). The van der Waals surface area contributed by atoms with Crippen LogP contribution in [0, 0.1) is 24.0 Å². The summed E-state index contributed by atoms with van der Waals surface area (Å²) in [6.45, 7) is 4.21. The summed E-state index contributed by atoms with van der Waals surface area (Å²) < 4.78 is 0. The molecular formula is C20H21N3O4. The van der Waals surface area contributed by atoms with Gasteiger partial charge >= 0.3 is 0 Å². The summed E-state index contributed by atoms with van der Waals surface area (Å²) in [5.41, 5.74) is 3.10. The second kappa shape index (κ2) is 7.57. The molecule has 0 saturated carbocycles. The van der Waals surface area contributed by atoms with Crippen LogP contribution in [0.1, 0.15) is 40.7 Å². The zero-order valence-corrected chi connectivity index (χ0v) is 15.3. The highest BCUT2D eigenvalue weighted by Crippen LogP contribution is 2.28. The number of rotatable bonds is 4. The van der Waals surface area contributed by atoms with Gasteiger partial charge in [-0.2, -0.15) is 0 Å². The Morgan fingerprint density at radius 1 is 1.11 bits per heavy atom. The summed E-state index contributed by atoms with van der Waals surface area (Å²) in [5, 5.41) is 13.7. The van der Waals surface area contributed by atoms with Gasteiger partial charge in [-0.05, 0) is 56.5 Å². The van der Waals surface area contributed by atoms with Crippen LogP contribution in [0.3, 0.4) is 0 Å². The number of nitro benzene ring substituents is 1. The predicted molar refractivity (Wildman–Crippen MR) is 103 cm³/mol. The maximum Gasteiger partial charge on any atom is 0.272 e. The van der Waals surface area contributed by atoms with E-state index in [0.29, 0.717) is 29.8 Å². The van der Waals surface area contributed by atoms with Gasteiger partial charge in [-0.1, -0.05) is 6.07 Å². The van der Waals surface area contributed by atoms with E-state index < -0.39 is 4.92 Å². The first-order chi connectivity index (χ1) is 12.9. The smallest absolute Gasteiger partial charge is 0.272 e. The summed E-state index contributed by atoms with van der Waals surface area (Å²) in [5.74, 6) is -0.258. The number of nitrogens with one attached hydrogen (secondary N) is 1. The van der Waals surface area contributed by atoms with Crippen LogP contribution in [0.2, 0.25) is 0 Å². The first-order valence-corrected chi connectivity index (χ1v) is 8.84. The van der Waals surface area contributed by atoms with Crippen molar-refractivity contribution < 1.29 is 14.5 Å². The zero-order valence-electron chi connectivity index (χ0n) is 15.3. The number of benzene rings is 2. The highest BCUT2D eigenvalue weighted by Gasteiger charge is 2.21. The van der Waals surface area contributed by atoms with Crippen molar-refractivity contribution in [3.63, 3.8) is 0 Å². The molecular weight excluding hydrogens is 346 g/mol. The minimum absolute atomic E-state index is 0.0206. The third-order valence-corrected chi connectivity index (χ3v) is 4.74. The van der Waals surface area contributed by atoms with Gasteiger partial charge < -0.3 is 10.2 Å². The molecule has 1 heterocycles. The highest BCUT2D eigenvalue weighted by atomic mass is 16.6. The van der Waals surface area contributed by atoms with Gasteiger partial charge in [0.2, 0.25) is 5.91 Å². The number of aryl methyl sites for hydroxylation is 2. The van der Waals surface area contributed by atoms with Crippen molar-refractivity contribution in [3.8, 4) is 0 Å². The molecule has 0 atom stereocenters. The fourth-order valence-electron chi connectivity index (χ4n) is 3.24. The Morgan fingerprint density at radius 2 is 1.89 bits per heavy atom. The number of anilines is 2. The minimum atomic E-state index is -0.473. The van der Waals surface area contributed by atoms with Gasteiger partial charge in [-0.15, -0.1) is 0 Å². The van der Waals surface area contributed by atoms with E-state index >= 15 is 0 Å². The number of carbonyl (C=O) groups excluding carboxylic acids is 2. The van der Waals surface area contributed by atoms with E-state index in [1.54, 1.807) is 24.0 Å². The van der Waals surface area contributed by atoms with Crippen molar-refractivity contribution in [1.82, 2.24) is 0 Å². The Labute approximate surface area is 157 Å². The van der Waals surface area contributed by atoms with Gasteiger partial charge in [-0.3, -0.25) is 19.7 Å². The summed E-state index contributed by atoms with van der Waals surface area (Å²) in [6, 6.07) is 9.71. The van der Waals surface area contributed by atoms with Gasteiger partial charge in [0.25, 0.3) is 11.6 Å². The molecule has 3 rings (SSSR count). The van der Waals surface area contributed by atoms with Crippen LogP contribution in [-0.4, -0.2) is 23.3 Å². The molecule has 27 heavy (non-hydrogen) atoms. The molecule has 7 heteroatoms. The zero-order chi connectivity index (χ0) is 19.6. The third kappa shape index (κ3) is 3.97. The molecule has 0 unspecified atom stereocenters. The Balaban J connectivity index is 1.82. The lowest BCUT2D eigenvalue weighted by atomic mass is 10.1. The van der Waals surface area contributed by atoms with Crippen molar-refractivity contribution in [2.45, 2.75) is 33.1 Å². The summed E-state index contributed by atoms with van der Waals surface area (Å²) in [7, 11) is 0. The van der Waals surface area contributed by atoms with Crippen LogP contribution in [0.5, 0.6) is 0 Å². The minimum Gasteiger partial charge on any atom is -0.322 e. The summed E-state index contributed by atoms with van der Waals surface area (Å²) in [4.78, 5) is 36.9. The molecule has 2 aromatic carbocycles. The normalized spacial score (nSPS) is 14.1. The fourth-order valence-corrected chi connectivity index (χ4v) is 3.24. The van der Waals surface area contributed by atoms with Crippen molar-refractivity contribution in [2.24, 2.45) is 0 Å². The van der Waals surface area contributed by atoms with Crippen molar-refractivity contribution in [1.29, 1.82) is 0 Å². The molecule has 1 saturated heterocycles. The van der Waals surface area contributed by atoms with Crippen LogP contribution < -0.4 is 10.2 Å². The van der Waals surface area contributed by atoms with Crippen molar-refractivity contribution in [3.05, 3.63) is 63.2 Å². The largest absolute Gasteiger partial charge is 0.322 e. The van der Waals surface area contributed by atoms with Crippen molar-refractivity contribution >= 4 is 28.9 Å². The van der Waals surface area contributed by atoms with Gasteiger partial charge in [0.15, 0.2) is 0 Å². The van der Waals surface area contributed by atoms with E-state index in [1.807, 2.05) is 13.0 Å². The third-order valence-electron chi connectivity index (χ3n) is 4.74. The first kappa shape index (κ1) is 18.6. The molecule has 1 fully saturated rings. The number of piperidine rings is 1. The number of nitro groups is 1. The Morgan fingerprint density at radius 3 is 2.56 bits per heavy atom. The number of nitrogens with zero attached hydrogens (tertiary/aromatic N) is 2. The second-order valence-electron chi connectivity index (χ2n) is 6.72. The van der Waals surface area contributed by atoms with E-state index in [-0.39, 0.29) is 17.5 Å². The summed E-state index contributed by atoms with van der Waals surface area (Å²) in [6.07, 6.45) is 2.41. The molecule has 1 aliphatic heterocycles. The maximum absolute atomic E-state index is 12.5. The van der Waals surface area contributed by atoms with E-state index in [1.165, 1.54) is 18.2 Å².